The van der Waals surface area contributed by atoms with Gasteiger partial charge in [-0.15, -0.1) is 0 Å². The van der Waals surface area contributed by atoms with Crippen molar-refractivity contribution in [1.29, 1.82) is 0 Å². The monoisotopic (exact) mass is 234 g/mol. The molecule has 0 saturated carbocycles. The third-order valence-corrected chi connectivity index (χ3v) is 3.07. The summed E-state index contributed by atoms with van der Waals surface area (Å²) in [6.45, 7) is 6.41. The minimum atomic E-state index is 0.387. The van der Waals surface area contributed by atoms with Crippen LogP contribution in [0.15, 0.2) is 27.7 Å². The van der Waals surface area contributed by atoms with Gasteiger partial charge in [0.05, 0.1) is 12.4 Å². The van der Waals surface area contributed by atoms with E-state index < -0.39 is 0 Å². The second-order valence-electron chi connectivity index (χ2n) is 4.77. The van der Waals surface area contributed by atoms with Gasteiger partial charge >= 0.3 is 0 Å². The molecule has 0 aliphatic carbocycles. The van der Waals surface area contributed by atoms with Crippen molar-refractivity contribution in [2.24, 2.45) is 0 Å². The van der Waals surface area contributed by atoms with Gasteiger partial charge in [-0.1, -0.05) is 31.1 Å². The minimum absolute atomic E-state index is 0.387. The van der Waals surface area contributed by atoms with Crippen LogP contribution in [0.1, 0.15) is 55.9 Å². The van der Waals surface area contributed by atoms with E-state index in [4.69, 9.17) is 9.05 Å². The van der Waals surface area contributed by atoms with Crippen LogP contribution in [0.25, 0.3) is 0 Å². The van der Waals surface area contributed by atoms with Crippen LogP contribution in [0.5, 0.6) is 0 Å². The van der Waals surface area contributed by atoms with Crippen LogP contribution in [0, 0.1) is 0 Å². The molecule has 0 aliphatic rings. The molecule has 4 nitrogen and oxygen atoms in total. The van der Waals surface area contributed by atoms with Gasteiger partial charge in [-0.2, -0.15) is 0 Å². The highest BCUT2D eigenvalue weighted by Gasteiger charge is 2.14. The topological polar surface area (TPSA) is 52.1 Å². The quantitative estimate of drug-likeness (QED) is 0.794. The highest BCUT2D eigenvalue weighted by Crippen LogP contribution is 2.24. The van der Waals surface area contributed by atoms with Crippen molar-refractivity contribution in [1.82, 2.24) is 10.3 Å². The molecule has 0 bridgehead atoms. The second kappa shape index (κ2) is 5.17. The summed E-state index contributed by atoms with van der Waals surface area (Å²) in [4.78, 5) is 0. The Labute approximate surface area is 101 Å². The SMILES string of the molecule is CC(C)c1oncc1CCC(C)c1cnoc1. The molecule has 0 fully saturated rings. The summed E-state index contributed by atoms with van der Waals surface area (Å²) in [6, 6.07) is 0. The van der Waals surface area contributed by atoms with Crippen molar-refractivity contribution in [2.75, 3.05) is 0 Å². The number of hydrogen-bond donors (Lipinski definition) is 0. The molecule has 0 saturated heterocycles. The summed E-state index contributed by atoms with van der Waals surface area (Å²) in [7, 11) is 0. The molecule has 1 unspecified atom stereocenters. The Morgan fingerprint density at radius 1 is 1.18 bits per heavy atom. The van der Waals surface area contributed by atoms with Gasteiger partial charge in [-0.3, -0.25) is 0 Å². The van der Waals surface area contributed by atoms with Gasteiger partial charge in [-0.05, 0) is 18.8 Å². The summed E-state index contributed by atoms with van der Waals surface area (Å²) in [5.41, 5.74) is 2.36. The summed E-state index contributed by atoms with van der Waals surface area (Å²) in [5, 5.41) is 7.61. The standard InChI is InChI=1S/C13H18N2O2/c1-9(2)13-11(6-15-17-13)5-4-10(3)12-7-14-16-8-12/h6-10H,4-5H2,1-3H3. The molecule has 2 aromatic heterocycles. The average Bonchev–Trinajstić information content (AvgIpc) is 2.96. The van der Waals surface area contributed by atoms with E-state index in [1.54, 1.807) is 12.5 Å². The van der Waals surface area contributed by atoms with Gasteiger partial charge < -0.3 is 9.05 Å². The molecule has 0 radical (unpaired) electrons. The first-order chi connectivity index (χ1) is 8.18. The van der Waals surface area contributed by atoms with Crippen LogP contribution < -0.4 is 0 Å². The van der Waals surface area contributed by atoms with E-state index in [9.17, 15) is 0 Å². The molecule has 0 amide bonds. The fourth-order valence-electron chi connectivity index (χ4n) is 1.93. The van der Waals surface area contributed by atoms with E-state index >= 15 is 0 Å². The lowest BCUT2D eigenvalue weighted by Gasteiger charge is -2.08. The lowest BCUT2D eigenvalue weighted by molar-refractivity contribution is 0.369. The zero-order valence-electron chi connectivity index (χ0n) is 10.5. The molecule has 0 N–H and O–H groups in total. The highest BCUT2D eigenvalue weighted by molar-refractivity contribution is 5.18. The van der Waals surface area contributed by atoms with Crippen LogP contribution in [0.4, 0.5) is 0 Å². The molecule has 0 aliphatic heterocycles. The van der Waals surface area contributed by atoms with Crippen LogP contribution in [-0.4, -0.2) is 10.3 Å². The second-order valence-corrected chi connectivity index (χ2v) is 4.77. The molecule has 0 spiro atoms. The highest BCUT2D eigenvalue weighted by atomic mass is 16.5. The molecule has 4 heteroatoms. The number of aromatic nitrogens is 2. The zero-order valence-corrected chi connectivity index (χ0v) is 10.5. The summed E-state index contributed by atoms with van der Waals surface area (Å²) >= 11 is 0. The van der Waals surface area contributed by atoms with Gasteiger partial charge in [0, 0.05) is 17.0 Å². The molecule has 92 valence electrons. The van der Waals surface area contributed by atoms with Crippen LogP contribution in [0.3, 0.4) is 0 Å². The third kappa shape index (κ3) is 2.75. The fraction of sp³-hybridized carbons (Fsp3) is 0.538. The molecule has 2 rings (SSSR count). The normalized spacial score (nSPS) is 13.2. The van der Waals surface area contributed by atoms with Crippen molar-refractivity contribution in [3.05, 3.63) is 35.5 Å². The van der Waals surface area contributed by atoms with Crippen molar-refractivity contribution < 1.29 is 9.05 Å². The van der Waals surface area contributed by atoms with E-state index in [1.807, 2.05) is 6.20 Å². The molecule has 17 heavy (non-hydrogen) atoms. The van der Waals surface area contributed by atoms with Crippen molar-refractivity contribution >= 4 is 0 Å². The number of aryl methyl sites for hydroxylation is 1. The predicted octanol–water partition coefficient (Wildman–Crippen LogP) is 3.52. The minimum Gasteiger partial charge on any atom is -0.364 e. The Bertz CT molecular complexity index is 446. The molecule has 2 aromatic rings. The van der Waals surface area contributed by atoms with Crippen molar-refractivity contribution in [3.8, 4) is 0 Å². The molecule has 0 aromatic carbocycles. The Morgan fingerprint density at radius 2 is 2.00 bits per heavy atom. The maximum atomic E-state index is 5.27. The largest absolute Gasteiger partial charge is 0.364 e. The summed E-state index contributed by atoms with van der Waals surface area (Å²) < 4.78 is 10.1. The molecule has 1 atom stereocenters. The summed E-state index contributed by atoms with van der Waals surface area (Å²) in [5.74, 6) is 1.83. The van der Waals surface area contributed by atoms with E-state index in [0.717, 1.165) is 24.2 Å². The number of rotatable bonds is 5. The molecule has 2 heterocycles. The van der Waals surface area contributed by atoms with E-state index in [-0.39, 0.29) is 0 Å². The van der Waals surface area contributed by atoms with Crippen molar-refractivity contribution in [2.45, 2.75) is 45.4 Å². The lowest BCUT2D eigenvalue weighted by atomic mass is 9.95. The van der Waals surface area contributed by atoms with Gasteiger partial charge in [0.2, 0.25) is 0 Å². The fourth-order valence-corrected chi connectivity index (χ4v) is 1.93. The maximum absolute atomic E-state index is 5.27. The lowest BCUT2D eigenvalue weighted by Crippen LogP contribution is -1.97. The van der Waals surface area contributed by atoms with Gasteiger partial charge in [-0.25, -0.2) is 0 Å². The van der Waals surface area contributed by atoms with Crippen LogP contribution >= 0.6 is 0 Å². The first-order valence-electron chi connectivity index (χ1n) is 6.01. The molecular formula is C13H18N2O2. The van der Waals surface area contributed by atoms with Gasteiger partial charge in [0.25, 0.3) is 0 Å². The van der Waals surface area contributed by atoms with E-state index in [1.165, 1.54) is 5.56 Å². The summed E-state index contributed by atoms with van der Waals surface area (Å²) in [6.07, 6.45) is 7.34. The van der Waals surface area contributed by atoms with E-state index in [0.29, 0.717) is 11.8 Å². The molecular weight excluding hydrogens is 216 g/mol. The average molecular weight is 234 g/mol. The number of hydrogen-bond acceptors (Lipinski definition) is 4. The first-order valence-corrected chi connectivity index (χ1v) is 6.01. The Kier molecular flexibility index (Phi) is 3.61. The van der Waals surface area contributed by atoms with Crippen LogP contribution in [-0.2, 0) is 6.42 Å². The first kappa shape index (κ1) is 11.9. The number of nitrogens with zero attached hydrogens (tertiary/aromatic N) is 2. The Morgan fingerprint density at radius 3 is 2.65 bits per heavy atom. The van der Waals surface area contributed by atoms with Gasteiger partial charge in [0.15, 0.2) is 0 Å². The maximum Gasteiger partial charge on any atom is 0.142 e. The zero-order chi connectivity index (χ0) is 12.3. The van der Waals surface area contributed by atoms with E-state index in [2.05, 4.69) is 31.1 Å². The third-order valence-electron chi connectivity index (χ3n) is 3.07. The van der Waals surface area contributed by atoms with Crippen molar-refractivity contribution in [3.63, 3.8) is 0 Å². The Hall–Kier alpha value is -1.58. The van der Waals surface area contributed by atoms with Gasteiger partial charge in [0.1, 0.15) is 12.0 Å². The van der Waals surface area contributed by atoms with Crippen LogP contribution in [0.2, 0.25) is 0 Å². The Balaban J connectivity index is 1.96. The smallest absolute Gasteiger partial charge is 0.142 e. The predicted molar refractivity (Wildman–Crippen MR) is 63.8 cm³/mol.